The van der Waals surface area contributed by atoms with Gasteiger partial charge in [0.05, 0.1) is 0 Å². The molecule has 1 N–H and O–H groups in total. The highest BCUT2D eigenvalue weighted by molar-refractivity contribution is 5.24. The fourth-order valence-electron chi connectivity index (χ4n) is 3.27. The third-order valence-electron chi connectivity index (χ3n) is 4.50. The lowest BCUT2D eigenvalue weighted by atomic mass is 9.94. The molecule has 0 radical (unpaired) electrons. The van der Waals surface area contributed by atoms with E-state index in [0.717, 1.165) is 19.6 Å². The van der Waals surface area contributed by atoms with Crippen molar-refractivity contribution in [1.82, 2.24) is 10.2 Å². The van der Waals surface area contributed by atoms with Crippen molar-refractivity contribution >= 4 is 0 Å². The number of benzene rings is 2. The van der Waals surface area contributed by atoms with Gasteiger partial charge in [0.15, 0.2) is 0 Å². The highest BCUT2D eigenvalue weighted by atomic mass is 15.2. The van der Waals surface area contributed by atoms with Crippen molar-refractivity contribution < 1.29 is 0 Å². The largest absolute Gasteiger partial charge is 0.309 e. The molecule has 1 unspecified atom stereocenters. The van der Waals surface area contributed by atoms with Gasteiger partial charge < -0.3 is 5.32 Å². The van der Waals surface area contributed by atoms with Gasteiger partial charge in [0.25, 0.3) is 0 Å². The second-order valence-electron chi connectivity index (χ2n) is 7.08. The van der Waals surface area contributed by atoms with Crippen LogP contribution in [0.4, 0.5) is 0 Å². The van der Waals surface area contributed by atoms with Crippen LogP contribution in [0.3, 0.4) is 0 Å². The summed E-state index contributed by atoms with van der Waals surface area (Å²) in [7, 11) is 0. The summed E-state index contributed by atoms with van der Waals surface area (Å²) in [6, 6.07) is 20.2. The minimum Gasteiger partial charge on any atom is -0.309 e. The number of hydrogen-bond acceptors (Lipinski definition) is 2. The Bertz CT molecular complexity index is 601. The molecule has 1 aliphatic heterocycles. The van der Waals surface area contributed by atoms with Gasteiger partial charge in [-0.15, -0.1) is 0 Å². The Labute approximate surface area is 134 Å². The summed E-state index contributed by atoms with van der Waals surface area (Å²) in [6.07, 6.45) is 0. The molecular weight excluding hydrogens is 268 g/mol. The third-order valence-corrected chi connectivity index (χ3v) is 4.50. The average Bonchev–Trinajstić information content (AvgIpc) is 2.50. The second-order valence-corrected chi connectivity index (χ2v) is 7.08. The molecule has 1 saturated heterocycles. The van der Waals surface area contributed by atoms with Crippen LogP contribution in [0.5, 0.6) is 0 Å². The second kappa shape index (κ2) is 6.23. The summed E-state index contributed by atoms with van der Waals surface area (Å²) in [4.78, 5) is 2.61. The molecule has 1 atom stereocenters. The minimum absolute atomic E-state index is 0.163. The molecule has 2 aromatic rings. The first-order valence-electron chi connectivity index (χ1n) is 8.13. The van der Waals surface area contributed by atoms with Crippen molar-refractivity contribution in [2.24, 2.45) is 0 Å². The molecule has 0 saturated carbocycles. The number of nitrogens with zero attached hydrogens (tertiary/aromatic N) is 1. The van der Waals surface area contributed by atoms with Crippen LogP contribution in [-0.2, 0) is 6.54 Å². The first-order valence-corrected chi connectivity index (χ1v) is 8.13. The van der Waals surface area contributed by atoms with Crippen molar-refractivity contribution in [2.45, 2.75) is 38.9 Å². The molecule has 0 spiro atoms. The topological polar surface area (TPSA) is 15.3 Å². The molecule has 0 amide bonds. The molecular formula is C20H26N2. The van der Waals surface area contributed by atoms with Crippen molar-refractivity contribution in [3.8, 4) is 0 Å². The van der Waals surface area contributed by atoms with E-state index in [0.29, 0.717) is 6.04 Å². The fraction of sp³-hybridized carbons (Fsp3) is 0.400. The van der Waals surface area contributed by atoms with Crippen LogP contribution < -0.4 is 5.32 Å². The molecule has 1 fully saturated rings. The van der Waals surface area contributed by atoms with E-state index < -0.39 is 0 Å². The van der Waals surface area contributed by atoms with Gasteiger partial charge in [0.2, 0.25) is 0 Å². The molecule has 2 nitrogen and oxygen atoms in total. The van der Waals surface area contributed by atoms with Crippen molar-refractivity contribution in [3.63, 3.8) is 0 Å². The van der Waals surface area contributed by atoms with Crippen LogP contribution in [0, 0.1) is 6.92 Å². The van der Waals surface area contributed by atoms with E-state index in [-0.39, 0.29) is 5.54 Å². The maximum atomic E-state index is 3.69. The lowest BCUT2D eigenvalue weighted by Gasteiger charge is -2.45. The van der Waals surface area contributed by atoms with Gasteiger partial charge in [-0.05, 0) is 31.9 Å². The smallest absolute Gasteiger partial charge is 0.0477 e. The monoisotopic (exact) mass is 294 g/mol. The van der Waals surface area contributed by atoms with E-state index in [1.54, 1.807) is 0 Å². The molecule has 3 rings (SSSR count). The minimum atomic E-state index is 0.163. The van der Waals surface area contributed by atoms with Crippen LogP contribution in [-0.4, -0.2) is 23.5 Å². The summed E-state index contributed by atoms with van der Waals surface area (Å²) in [6.45, 7) is 9.78. The summed E-state index contributed by atoms with van der Waals surface area (Å²) in [5.41, 5.74) is 4.28. The molecule has 1 aliphatic rings. The Morgan fingerprint density at radius 3 is 2.41 bits per heavy atom. The predicted octanol–water partition coefficient (Wildman–Crippen LogP) is 3.92. The standard InChI is InChI=1S/C20H26N2/c1-16-9-11-17(12-10-16)14-22-15-20(2,3)21-13-19(22)18-7-5-4-6-8-18/h4-12,19,21H,13-15H2,1-3H3. The van der Waals surface area contributed by atoms with Gasteiger partial charge in [-0.3, -0.25) is 4.90 Å². The summed E-state index contributed by atoms with van der Waals surface area (Å²) < 4.78 is 0. The van der Waals surface area contributed by atoms with Crippen LogP contribution >= 0.6 is 0 Å². The number of rotatable bonds is 3. The first kappa shape index (κ1) is 15.3. The molecule has 0 aromatic heterocycles. The van der Waals surface area contributed by atoms with Gasteiger partial charge in [-0.1, -0.05) is 60.2 Å². The summed E-state index contributed by atoms with van der Waals surface area (Å²) >= 11 is 0. The van der Waals surface area contributed by atoms with Crippen LogP contribution in [0.25, 0.3) is 0 Å². The Kier molecular flexibility index (Phi) is 4.32. The maximum absolute atomic E-state index is 3.69. The van der Waals surface area contributed by atoms with Crippen molar-refractivity contribution in [2.75, 3.05) is 13.1 Å². The summed E-state index contributed by atoms with van der Waals surface area (Å²) in [5.74, 6) is 0. The Hall–Kier alpha value is -1.64. The highest BCUT2D eigenvalue weighted by Gasteiger charge is 2.33. The van der Waals surface area contributed by atoms with Gasteiger partial charge in [0.1, 0.15) is 0 Å². The lowest BCUT2D eigenvalue weighted by Crippen LogP contribution is -2.57. The van der Waals surface area contributed by atoms with E-state index in [4.69, 9.17) is 0 Å². The van der Waals surface area contributed by atoms with Gasteiger partial charge in [-0.25, -0.2) is 0 Å². The van der Waals surface area contributed by atoms with Crippen LogP contribution in [0.1, 0.15) is 36.6 Å². The molecule has 1 heterocycles. The van der Waals surface area contributed by atoms with Gasteiger partial charge >= 0.3 is 0 Å². The highest BCUT2D eigenvalue weighted by Crippen LogP contribution is 2.28. The molecule has 116 valence electrons. The zero-order valence-electron chi connectivity index (χ0n) is 13.8. The number of hydrogen-bond donors (Lipinski definition) is 1. The number of nitrogens with one attached hydrogen (secondary N) is 1. The zero-order valence-corrected chi connectivity index (χ0v) is 13.8. The molecule has 0 aliphatic carbocycles. The van der Waals surface area contributed by atoms with Gasteiger partial charge in [0, 0.05) is 31.2 Å². The number of aryl methyl sites for hydroxylation is 1. The maximum Gasteiger partial charge on any atom is 0.0477 e. The fourth-order valence-corrected chi connectivity index (χ4v) is 3.27. The SMILES string of the molecule is Cc1ccc(CN2CC(C)(C)NCC2c2ccccc2)cc1. The predicted molar refractivity (Wildman–Crippen MR) is 92.9 cm³/mol. The molecule has 2 aromatic carbocycles. The molecule has 2 heteroatoms. The van der Waals surface area contributed by atoms with E-state index in [1.807, 2.05) is 0 Å². The normalized spacial score (nSPS) is 21.7. The zero-order chi connectivity index (χ0) is 15.6. The summed E-state index contributed by atoms with van der Waals surface area (Å²) in [5, 5.41) is 3.69. The molecule has 0 bridgehead atoms. The van der Waals surface area contributed by atoms with Crippen LogP contribution in [0.15, 0.2) is 54.6 Å². The van der Waals surface area contributed by atoms with Gasteiger partial charge in [-0.2, -0.15) is 0 Å². The van der Waals surface area contributed by atoms with E-state index in [9.17, 15) is 0 Å². The lowest BCUT2D eigenvalue weighted by molar-refractivity contribution is 0.0880. The van der Waals surface area contributed by atoms with Crippen LogP contribution in [0.2, 0.25) is 0 Å². The Morgan fingerprint density at radius 2 is 1.73 bits per heavy atom. The Morgan fingerprint density at radius 1 is 1.05 bits per heavy atom. The molecule has 22 heavy (non-hydrogen) atoms. The van der Waals surface area contributed by atoms with Crippen molar-refractivity contribution in [1.29, 1.82) is 0 Å². The first-order chi connectivity index (χ1) is 10.5. The van der Waals surface area contributed by atoms with E-state index >= 15 is 0 Å². The number of piperazine rings is 1. The average molecular weight is 294 g/mol. The Balaban J connectivity index is 1.83. The third kappa shape index (κ3) is 3.57. The van der Waals surface area contributed by atoms with E-state index in [2.05, 4.69) is 85.6 Å². The van der Waals surface area contributed by atoms with E-state index in [1.165, 1.54) is 16.7 Å². The quantitative estimate of drug-likeness (QED) is 0.923. The van der Waals surface area contributed by atoms with Crippen molar-refractivity contribution in [3.05, 3.63) is 71.3 Å².